The van der Waals surface area contributed by atoms with Crippen LogP contribution in [0.15, 0.2) is 12.1 Å². The van der Waals surface area contributed by atoms with E-state index < -0.39 is 5.60 Å². The van der Waals surface area contributed by atoms with Crippen molar-refractivity contribution < 1.29 is 9.53 Å². The highest BCUT2D eigenvalue weighted by molar-refractivity contribution is 5.84. The topological polar surface area (TPSA) is 34.5 Å². The maximum atomic E-state index is 12.5. The Morgan fingerprint density at radius 3 is 2.67 bits per heavy atom. The number of aromatic nitrogens is 1. The van der Waals surface area contributed by atoms with Crippen LogP contribution in [0.4, 0.5) is 0 Å². The molecule has 2 heterocycles. The van der Waals surface area contributed by atoms with Crippen molar-refractivity contribution in [2.24, 2.45) is 0 Å². The third-order valence-corrected chi connectivity index (χ3v) is 3.98. The van der Waals surface area contributed by atoms with E-state index in [4.69, 9.17) is 4.74 Å². The van der Waals surface area contributed by atoms with E-state index in [9.17, 15) is 4.79 Å². The highest BCUT2D eigenvalue weighted by Crippen LogP contribution is 2.29. The van der Waals surface area contributed by atoms with Crippen LogP contribution in [0.1, 0.15) is 38.2 Å². The molecular formula is C14H22N2O2. The Bertz CT molecular complexity index is 462. The lowest BCUT2D eigenvalue weighted by molar-refractivity contribution is -0.154. The minimum Gasteiger partial charge on any atom is -0.369 e. The summed E-state index contributed by atoms with van der Waals surface area (Å²) in [7, 11) is 1.58. The molecule has 0 aromatic carbocycles. The summed E-state index contributed by atoms with van der Waals surface area (Å²) in [4.78, 5) is 14.4. The molecular weight excluding hydrogens is 228 g/mol. The number of nitrogens with zero attached hydrogens (tertiary/aromatic N) is 2. The Kier molecular flexibility index (Phi) is 3.23. The van der Waals surface area contributed by atoms with Crippen molar-refractivity contribution in [2.45, 2.75) is 45.9 Å². The van der Waals surface area contributed by atoms with E-state index in [1.54, 1.807) is 7.11 Å². The van der Waals surface area contributed by atoms with Gasteiger partial charge in [-0.3, -0.25) is 4.79 Å². The summed E-state index contributed by atoms with van der Waals surface area (Å²) >= 11 is 0. The molecule has 0 bridgehead atoms. The molecule has 0 N–H and O–H groups in total. The lowest BCUT2D eigenvalue weighted by atomic mass is 10.0. The molecule has 1 aliphatic rings. The SMILES string of the molecule is COC(C)(C)C(=O)N1CCn2c(C)ccc2C1C. The van der Waals surface area contributed by atoms with Gasteiger partial charge in [0.2, 0.25) is 0 Å². The summed E-state index contributed by atoms with van der Waals surface area (Å²) in [6.45, 7) is 9.43. The lowest BCUT2D eigenvalue weighted by Crippen LogP contribution is -2.50. The van der Waals surface area contributed by atoms with Crippen molar-refractivity contribution in [3.63, 3.8) is 0 Å². The van der Waals surface area contributed by atoms with Crippen molar-refractivity contribution in [2.75, 3.05) is 13.7 Å². The van der Waals surface area contributed by atoms with Crippen molar-refractivity contribution in [1.29, 1.82) is 0 Å². The molecule has 1 aliphatic heterocycles. The summed E-state index contributed by atoms with van der Waals surface area (Å²) < 4.78 is 7.58. The van der Waals surface area contributed by atoms with Crippen LogP contribution >= 0.6 is 0 Å². The molecule has 1 aromatic rings. The zero-order valence-electron chi connectivity index (χ0n) is 11.9. The van der Waals surface area contributed by atoms with Crippen LogP contribution in [0.3, 0.4) is 0 Å². The summed E-state index contributed by atoms with van der Waals surface area (Å²) in [5.41, 5.74) is 1.71. The van der Waals surface area contributed by atoms with Crippen LogP contribution in [0.5, 0.6) is 0 Å². The van der Waals surface area contributed by atoms with Gasteiger partial charge in [-0.05, 0) is 39.8 Å². The Hall–Kier alpha value is -1.29. The van der Waals surface area contributed by atoms with Crippen LogP contribution in [0.2, 0.25) is 0 Å². The van der Waals surface area contributed by atoms with Gasteiger partial charge in [-0.15, -0.1) is 0 Å². The monoisotopic (exact) mass is 250 g/mol. The second-order valence-corrected chi connectivity index (χ2v) is 5.44. The third-order valence-electron chi connectivity index (χ3n) is 3.98. The highest BCUT2D eigenvalue weighted by Gasteiger charge is 2.37. The van der Waals surface area contributed by atoms with Crippen LogP contribution in [-0.2, 0) is 16.1 Å². The summed E-state index contributed by atoms with van der Waals surface area (Å²) in [6, 6.07) is 4.33. The van der Waals surface area contributed by atoms with Gasteiger partial charge in [0.05, 0.1) is 6.04 Å². The van der Waals surface area contributed by atoms with Crippen LogP contribution < -0.4 is 0 Å². The van der Waals surface area contributed by atoms with E-state index in [-0.39, 0.29) is 11.9 Å². The average Bonchev–Trinajstić information content (AvgIpc) is 2.72. The predicted molar refractivity (Wildman–Crippen MR) is 70.4 cm³/mol. The van der Waals surface area contributed by atoms with Gasteiger partial charge < -0.3 is 14.2 Å². The number of methoxy groups -OCH3 is 1. The van der Waals surface area contributed by atoms with Gasteiger partial charge in [-0.1, -0.05) is 0 Å². The standard InChI is InChI=1S/C14H22N2O2/c1-10-6-7-12-11(2)16(9-8-15(10)12)13(17)14(3,4)18-5/h6-7,11H,8-9H2,1-5H3. The number of rotatable bonds is 2. The number of carbonyl (C=O) groups excluding carboxylic acids is 1. The third kappa shape index (κ3) is 1.94. The Morgan fingerprint density at radius 1 is 1.39 bits per heavy atom. The van der Waals surface area contributed by atoms with Crippen molar-refractivity contribution in [3.8, 4) is 0 Å². The number of hydrogen-bond donors (Lipinski definition) is 0. The van der Waals surface area contributed by atoms with E-state index in [2.05, 4.69) is 30.5 Å². The molecule has 0 spiro atoms. The molecule has 1 atom stereocenters. The van der Waals surface area contributed by atoms with Gasteiger partial charge in [0.1, 0.15) is 5.60 Å². The molecule has 0 saturated carbocycles. The zero-order chi connectivity index (χ0) is 13.5. The summed E-state index contributed by atoms with van der Waals surface area (Å²) in [5, 5.41) is 0. The first-order valence-electron chi connectivity index (χ1n) is 6.40. The molecule has 1 amide bonds. The molecule has 0 radical (unpaired) electrons. The molecule has 4 heteroatoms. The maximum absolute atomic E-state index is 12.5. The number of fused-ring (bicyclic) bond motifs is 1. The molecule has 18 heavy (non-hydrogen) atoms. The second-order valence-electron chi connectivity index (χ2n) is 5.44. The zero-order valence-corrected chi connectivity index (χ0v) is 11.9. The van der Waals surface area contributed by atoms with Crippen LogP contribution in [0, 0.1) is 6.92 Å². The highest BCUT2D eigenvalue weighted by atomic mass is 16.5. The van der Waals surface area contributed by atoms with E-state index in [0.717, 1.165) is 13.1 Å². The minimum absolute atomic E-state index is 0.0580. The summed E-state index contributed by atoms with van der Waals surface area (Å²) in [5.74, 6) is 0.0580. The molecule has 2 rings (SSSR count). The van der Waals surface area contributed by atoms with E-state index in [0.29, 0.717) is 0 Å². The van der Waals surface area contributed by atoms with Crippen LogP contribution in [-0.4, -0.2) is 34.6 Å². The fraction of sp³-hybridized carbons (Fsp3) is 0.643. The first-order valence-corrected chi connectivity index (χ1v) is 6.40. The van der Waals surface area contributed by atoms with Gasteiger partial charge in [-0.25, -0.2) is 0 Å². The van der Waals surface area contributed by atoms with Crippen molar-refractivity contribution in [3.05, 3.63) is 23.5 Å². The molecule has 1 unspecified atom stereocenters. The molecule has 100 valence electrons. The maximum Gasteiger partial charge on any atom is 0.254 e. The predicted octanol–water partition coefficient (Wildman–Crippen LogP) is 2.12. The Morgan fingerprint density at radius 2 is 2.06 bits per heavy atom. The fourth-order valence-corrected chi connectivity index (χ4v) is 2.53. The number of ether oxygens (including phenoxy) is 1. The smallest absolute Gasteiger partial charge is 0.254 e. The van der Waals surface area contributed by atoms with E-state index in [1.165, 1.54) is 11.4 Å². The molecule has 0 saturated heterocycles. The Balaban J connectivity index is 2.27. The van der Waals surface area contributed by atoms with Crippen LogP contribution in [0.25, 0.3) is 0 Å². The van der Waals surface area contributed by atoms with Crippen molar-refractivity contribution >= 4 is 5.91 Å². The average molecular weight is 250 g/mol. The van der Waals surface area contributed by atoms with Gasteiger partial charge in [0.15, 0.2) is 0 Å². The first kappa shape index (κ1) is 13.1. The fourth-order valence-electron chi connectivity index (χ4n) is 2.53. The quantitative estimate of drug-likeness (QED) is 0.806. The van der Waals surface area contributed by atoms with E-state index in [1.807, 2.05) is 18.7 Å². The van der Waals surface area contributed by atoms with Gasteiger partial charge >= 0.3 is 0 Å². The van der Waals surface area contributed by atoms with Gasteiger partial charge in [0.25, 0.3) is 5.91 Å². The molecule has 0 fully saturated rings. The first-order chi connectivity index (χ1) is 8.38. The molecule has 4 nitrogen and oxygen atoms in total. The van der Waals surface area contributed by atoms with E-state index >= 15 is 0 Å². The molecule has 0 aliphatic carbocycles. The Labute approximate surface area is 109 Å². The number of amides is 1. The van der Waals surface area contributed by atoms with Crippen molar-refractivity contribution in [1.82, 2.24) is 9.47 Å². The van der Waals surface area contributed by atoms with Gasteiger partial charge in [0, 0.05) is 31.6 Å². The lowest BCUT2D eigenvalue weighted by Gasteiger charge is -2.39. The number of hydrogen-bond acceptors (Lipinski definition) is 2. The summed E-state index contributed by atoms with van der Waals surface area (Å²) in [6.07, 6.45) is 0. The van der Waals surface area contributed by atoms with Gasteiger partial charge in [-0.2, -0.15) is 0 Å². The minimum atomic E-state index is -0.752. The number of carbonyl (C=O) groups is 1. The second kappa shape index (κ2) is 4.43. The number of aryl methyl sites for hydroxylation is 1. The molecule has 1 aromatic heterocycles. The normalized spacial score (nSPS) is 19.8. The largest absolute Gasteiger partial charge is 0.369 e.